The molecule has 0 heterocycles. The molecule has 0 aliphatic carbocycles. The zero-order chi connectivity index (χ0) is 19.8. The predicted octanol–water partition coefficient (Wildman–Crippen LogP) is 1.29. The van der Waals surface area contributed by atoms with Gasteiger partial charge in [0.2, 0.25) is 5.91 Å². The van der Waals surface area contributed by atoms with Gasteiger partial charge in [0, 0.05) is 13.1 Å². The molecule has 0 aliphatic heterocycles. The summed E-state index contributed by atoms with van der Waals surface area (Å²) in [6.45, 7) is 3.68. The van der Waals surface area contributed by atoms with E-state index in [9.17, 15) is 9.59 Å². The Hall–Kier alpha value is -1.18. The van der Waals surface area contributed by atoms with E-state index in [1.54, 1.807) is 0 Å². The molecular formula is C19H40N4O3. The summed E-state index contributed by atoms with van der Waals surface area (Å²) < 4.78 is 5.02. The van der Waals surface area contributed by atoms with E-state index in [0.29, 0.717) is 45.3 Å². The van der Waals surface area contributed by atoms with Crippen molar-refractivity contribution >= 4 is 11.9 Å². The van der Waals surface area contributed by atoms with Crippen molar-refractivity contribution in [2.45, 2.75) is 64.7 Å². The van der Waals surface area contributed by atoms with Crippen molar-refractivity contribution in [3.8, 4) is 0 Å². The summed E-state index contributed by atoms with van der Waals surface area (Å²) in [5.41, 5.74) is 16.3. The first-order chi connectivity index (χ1) is 12.5. The number of amides is 1. The lowest BCUT2D eigenvalue weighted by atomic mass is 9.78. The zero-order valence-corrected chi connectivity index (χ0v) is 16.7. The number of carbonyl (C=O) groups is 2. The first-order valence-electron chi connectivity index (χ1n) is 9.97. The lowest BCUT2D eigenvalue weighted by molar-refractivity contribution is -0.154. The van der Waals surface area contributed by atoms with Gasteiger partial charge in [0.15, 0.2) is 0 Å². The van der Waals surface area contributed by atoms with Gasteiger partial charge in [-0.05, 0) is 45.2 Å². The number of ether oxygens (including phenoxy) is 1. The van der Waals surface area contributed by atoms with E-state index in [0.717, 1.165) is 25.7 Å². The summed E-state index contributed by atoms with van der Waals surface area (Å²) in [4.78, 5) is 25.0. The van der Waals surface area contributed by atoms with Crippen LogP contribution in [-0.4, -0.2) is 45.2 Å². The normalized spacial score (nSPS) is 12.7. The lowest BCUT2D eigenvalue weighted by Crippen LogP contribution is -2.46. The van der Waals surface area contributed by atoms with E-state index in [2.05, 4.69) is 12.2 Å². The summed E-state index contributed by atoms with van der Waals surface area (Å²) in [6.07, 6.45) is 7.72. The fraction of sp³-hybridized carbons (Fsp3) is 0.895. The maximum absolute atomic E-state index is 12.6. The van der Waals surface area contributed by atoms with Gasteiger partial charge in [0.1, 0.15) is 0 Å². The summed E-state index contributed by atoms with van der Waals surface area (Å²) in [6, 6.07) is 0. The molecule has 1 atom stereocenters. The van der Waals surface area contributed by atoms with Crippen LogP contribution in [0.1, 0.15) is 64.7 Å². The summed E-state index contributed by atoms with van der Waals surface area (Å²) >= 11 is 0. The number of hydrogen-bond acceptors (Lipinski definition) is 6. The Balaban J connectivity index is 4.89. The molecule has 26 heavy (non-hydrogen) atoms. The van der Waals surface area contributed by atoms with Gasteiger partial charge in [-0.2, -0.15) is 0 Å². The largest absolute Gasteiger partial charge is 0.469 e. The predicted molar refractivity (Wildman–Crippen MR) is 105 cm³/mol. The van der Waals surface area contributed by atoms with Crippen molar-refractivity contribution in [2.24, 2.45) is 28.5 Å². The van der Waals surface area contributed by atoms with Crippen LogP contribution in [0, 0.1) is 11.3 Å². The van der Waals surface area contributed by atoms with Gasteiger partial charge in [0.25, 0.3) is 0 Å². The number of nitrogens with one attached hydrogen (secondary N) is 1. The Morgan fingerprint density at radius 3 is 2.08 bits per heavy atom. The second-order valence-electron chi connectivity index (χ2n) is 7.06. The van der Waals surface area contributed by atoms with Crippen LogP contribution in [0.5, 0.6) is 0 Å². The van der Waals surface area contributed by atoms with E-state index in [4.69, 9.17) is 21.9 Å². The van der Waals surface area contributed by atoms with Crippen molar-refractivity contribution in [1.29, 1.82) is 0 Å². The van der Waals surface area contributed by atoms with Crippen LogP contribution in [-0.2, 0) is 14.3 Å². The Morgan fingerprint density at radius 1 is 1.00 bits per heavy atom. The standard InChI is InChI=1S/C19H40N4O3/c1-3-4-5-6-9-16(14-22)17(24)23-15-19(10-7-12-20,11-8-13-21)18(25)26-2/h16H,3-15,20-22H2,1-2H3,(H,23,24)/t16-/m1/s1. The molecule has 0 rings (SSSR count). The average molecular weight is 373 g/mol. The molecule has 0 bridgehead atoms. The van der Waals surface area contributed by atoms with Crippen LogP contribution in [0.4, 0.5) is 0 Å². The number of methoxy groups -OCH3 is 1. The highest BCUT2D eigenvalue weighted by Crippen LogP contribution is 2.31. The van der Waals surface area contributed by atoms with E-state index in [1.807, 2.05) is 0 Å². The molecule has 0 saturated heterocycles. The number of unbranched alkanes of at least 4 members (excludes halogenated alkanes) is 3. The third-order valence-electron chi connectivity index (χ3n) is 5.00. The molecule has 0 saturated carbocycles. The molecular weight excluding hydrogens is 332 g/mol. The summed E-state index contributed by atoms with van der Waals surface area (Å²) in [5.74, 6) is -0.615. The number of carbonyl (C=O) groups excluding carboxylic acids is 2. The van der Waals surface area contributed by atoms with Gasteiger partial charge < -0.3 is 27.3 Å². The molecule has 7 nitrogen and oxygen atoms in total. The first kappa shape index (κ1) is 24.8. The van der Waals surface area contributed by atoms with Crippen molar-refractivity contribution < 1.29 is 14.3 Å². The highest BCUT2D eigenvalue weighted by Gasteiger charge is 2.39. The van der Waals surface area contributed by atoms with Crippen molar-refractivity contribution in [2.75, 3.05) is 33.3 Å². The quantitative estimate of drug-likeness (QED) is 0.238. The maximum atomic E-state index is 12.6. The van der Waals surface area contributed by atoms with Crippen LogP contribution in [0.25, 0.3) is 0 Å². The van der Waals surface area contributed by atoms with Crippen LogP contribution < -0.4 is 22.5 Å². The second kappa shape index (κ2) is 14.9. The monoisotopic (exact) mass is 372 g/mol. The second-order valence-corrected chi connectivity index (χ2v) is 7.06. The molecule has 0 radical (unpaired) electrons. The first-order valence-corrected chi connectivity index (χ1v) is 9.97. The van der Waals surface area contributed by atoms with E-state index < -0.39 is 5.41 Å². The Labute approximate surface area is 158 Å². The van der Waals surface area contributed by atoms with E-state index in [-0.39, 0.29) is 24.3 Å². The molecule has 0 spiro atoms. The van der Waals surface area contributed by atoms with Crippen LogP contribution in [0.15, 0.2) is 0 Å². The van der Waals surface area contributed by atoms with E-state index in [1.165, 1.54) is 13.5 Å². The van der Waals surface area contributed by atoms with Crippen molar-refractivity contribution in [3.05, 3.63) is 0 Å². The number of hydrogen-bond donors (Lipinski definition) is 4. The topological polar surface area (TPSA) is 133 Å². The zero-order valence-electron chi connectivity index (χ0n) is 16.7. The highest BCUT2D eigenvalue weighted by atomic mass is 16.5. The van der Waals surface area contributed by atoms with Gasteiger partial charge in [-0.1, -0.05) is 32.6 Å². The fourth-order valence-electron chi connectivity index (χ4n) is 3.25. The van der Waals surface area contributed by atoms with E-state index >= 15 is 0 Å². The van der Waals surface area contributed by atoms with Crippen LogP contribution in [0.3, 0.4) is 0 Å². The number of nitrogens with two attached hydrogens (primary N) is 3. The molecule has 154 valence electrons. The molecule has 7 N–H and O–H groups in total. The Bertz CT molecular complexity index is 383. The minimum absolute atomic E-state index is 0.0854. The Morgan fingerprint density at radius 2 is 1.62 bits per heavy atom. The van der Waals surface area contributed by atoms with Gasteiger partial charge in [0.05, 0.1) is 18.4 Å². The molecule has 7 heteroatoms. The third-order valence-corrected chi connectivity index (χ3v) is 5.00. The molecule has 0 aliphatic rings. The maximum Gasteiger partial charge on any atom is 0.313 e. The Kier molecular flexibility index (Phi) is 14.3. The average Bonchev–Trinajstić information content (AvgIpc) is 2.67. The van der Waals surface area contributed by atoms with Crippen LogP contribution in [0.2, 0.25) is 0 Å². The van der Waals surface area contributed by atoms with Gasteiger partial charge in [-0.15, -0.1) is 0 Å². The van der Waals surface area contributed by atoms with Gasteiger partial charge in [-0.3, -0.25) is 9.59 Å². The van der Waals surface area contributed by atoms with Gasteiger partial charge in [-0.25, -0.2) is 0 Å². The molecule has 0 aromatic heterocycles. The van der Waals surface area contributed by atoms with Crippen LogP contribution >= 0.6 is 0 Å². The molecule has 0 aromatic carbocycles. The third kappa shape index (κ3) is 8.96. The number of esters is 1. The fourth-order valence-corrected chi connectivity index (χ4v) is 3.25. The summed E-state index contributed by atoms with van der Waals surface area (Å²) in [5, 5.41) is 2.95. The number of rotatable bonds is 16. The summed E-state index contributed by atoms with van der Waals surface area (Å²) in [7, 11) is 1.38. The van der Waals surface area contributed by atoms with Crippen molar-refractivity contribution in [1.82, 2.24) is 5.32 Å². The minimum atomic E-state index is -0.773. The minimum Gasteiger partial charge on any atom is -0.469 e. The molecule has 0 unspecified atom stereocenters. The molecule has 0 fully saturated rings. The van der Waals surface area contributed by atoms with Crippen molar-refractivity contribution in [3.63, 3.8) is 0 Å². The highest BCUT2D eigenvalue weighted by molar-refractivity contribution is 5.81. The molecule has 0 aromatic rings. The lowest BCUT2D eigenvalue weighted by Gasteiger charge is -2.32. The SMILES string of the molecule is CCCCCC[C@H](CN)C(=O)NCC(CCCN)(CCCN)C(=O)OC. The smallest absolute Gasteiger partial charge is 0.313 e. The molecule has 1 amide bonds. The van der Waals surface area contributed by atoms with Gasteiger partial charge >= 0.3 is 5.97 Å².